The number of rotatable bonds is 26. The molecule has 0 aromatic carbocycles. The molecule has 0 aromatic heterocycles. The Morgan fingerprint density at radius 2 is 1.08 bits per heavy atom. The maximum atomic E-state index is 13.9. The summed E-state index contributed by atoms with van der Waals surface area (Å²) in [4.78, 5) is 81.5. The van der Waals surface area contributed by atoms with Crippen molar-refractivity contribution in [3.05, 3.63) is 0 Å². The highest BCUT2D eigenvalue weighted by molar-refractivity contribution is 5.72. The third-order valence-electron chi connectivity index (χ3n) is 18.8. The van der Waals surface area contributed by atoms with Crippen molar-refractivity contribution in [2.75, 3.05) is 6.61 Å². The third kappa shape index (κ3) is 13.7. The van der Waals surface area contributed by atoms with E-state index in [-0.39, 0.29) is 73.5 Å². The predicted octanol–water partition coefficient (Wildman–Crippen LogP) is 12.4. The van der Waals surface area contributed by atoms with Crippen LogP contribution in [-0.2, 0) is 66.7 Å². The average Bonchev–Trinajstić information content (AvgIpc) is 3.69. The lowest BCUT2D eigenvalue weighted by molar-refractivity contribution is -0.349. The van der Waals surface area contributed by atoms with E-state index in [0.717, 1.165) is 32.1 Å². The second kappa shape index (κ2) is 26.9. The Bertz CT molecular complexity index is 1880. The van der Waals surface area contributed by atoms with Crippen molar-refractivity contribution >= 4 is 35.8 Å². The van der Waals surface area contributed by atoms with Gasteiger partial charge in [0.05, 0.1) is 6.10 Å². The molecule has 1 aliphatic heterocycles. The molecule has 0 radical (unpaired) electrons. The molecule has 14 nitrogen and oxygen atoms in total. The van der Waals surface area contributed by atoms with Crippen molar-refractivity contribution in [2.45, 2.75) is 281 Å². The van der Waals surface area contributed by atoms with E-state index < -0.39 is 83.0 Å². The maximum absolute atomic E-state index is 13.9. The molecule has 4 saturated carbocycles. The summed E-state index contributed by atoms with van der Waals surface area (Å²) in [7, 11) is 0. The Labute approximate surface area is 445 Å². The smallest absolute Gasteiger partial charge is 0.306 e. The van der Waals surface area contributed by atoms with Gasteiger partial charge in [-0.2, -0.15) is 0 Å². The van der Waals surface area contributed by atoms with Gasteiger partial charge >= 0.3 is 35.8 Å². The van der Waals surface area contributed by atoms with Crippen molar-refractivity contribution in [3.8, 4) is 0 Å². The van der Waals surface area contributed by atoms with Crippen LogP contribution in [0.5, 0.6) is 0 Å². The van der Waals surface area contributed by atoms with Gasteiger partial charge in [-0.05, 0) is 123 Å². The van der Waals surface area contributed by atoms with Crippen molar-refractivity contribution < 1.29 is 66.7 Å². The highest BCUT2D eigenvalue weighted by Gasteiger charge is 2.74. The number of ether oxygens (including phenoxy) is 8. The van der Waals surface area contributed by atoms with Gasteiger partial charge in [-0.3, -0.25) is 28.8 Å². The topological polar surface area (TPSA) is 176 Å². The van der Waals surface area contributed by atoms with Crippen molar-refractivity contribution in [3.63, 3.8) is 0 Å². The number of hydrogen-bond acceptors (Lipinski definition) is 14. The van der Waals surface area contributed by atoms with Gasteiger partial charge in [0.2, 0.25) is 0 Å². The number of hydrogen-bond donors (Lipinski definition) is 0. The minimum absolute atomic E-state index is 0.0469. The Morgan fingerprint density at radius 1 is 0.568 bits per heavy atom. The zero-order valence-electron chi connectivity index (χ0n) is 48.4. The SMILES string of the molecule is CCCC(=O)OC[C@H]1O[C@@H](O[C@H]2C[C@]3(C)[C@H](C[C@@H](OC(=O)CCC)[C@@H]4[C@@H]([C@H](C)CCCC(C)C)CC[C@@]43C)[C@@]3(C)CC[C@H](OC(=O)CCC)C(C)(C)C23)[C@H](OC(=O)CCC)[C@@H](OC(=O)CCC)[C@@H]1OC(=O)CCC. The molecular formula is C60H100O14. The summed E-state index contributed by atoms with van der Waals surface area (Å²) in [5.41, 5.74) is -1.84. The van der Waals surface area contributed by atoms with E-state index in [9.17, 15) is 28.8 Å². The Kier molecular flexibility index (Phi) is 22.4. The van der Waals surface area contributed by atoms with Crippen LogP contribution in [-0.4, -0.2) is 91.4 Å². The maximum Gasteiger partial charge on any atom is 0.306 e. The first-order valence-electron chi connectivity index (χ1n) is 29.4. The van der Waals surface area contributed by atoms with E-state index >= 15 is 0 Å². The summed E-state index contributed by atoms with van der Waals surface area (Å²) in [6.45, 7) is 29.6. The first-order chi connectivity index (χ1) is 35.0. The predicted molar refractivity (Wildman–Crippen MR) is 281 cm³/mol. The Hall–Kier alpha value is -3.26. The quantitative estimate of drug-likeness (QED) is 0.0454. The monoisotopic (exact) mass is 1040 g/mol. The van der Waals surface area contributed by atoms with E-state index in [1.807, 2.05) is 41.5 Å². The highest BCUT2D eigenvalue weighted by Crippen LogP contribution is 2.76. The number of carbonyl (C=O) groups excluding carboxylic acids is 6. The fourth-order valence-electron chi connectivity index (χ4n) is 15.3. The largest absolute Gasteiger partial charge is 0.463 e. The molecule has 1 saturated heterocycles. The molecule has 5 aliphatic rings. The fraction of sp³-hybridized carbons (Fsp3) is 0.900. The van der Waals surface area contributed by atoms with E-state index in [1.54, 1.807) is 0 Å². The third-order valence-corrected chi connectivity index (χ3v) is 18.8. The summed E-state index contributed by atoms with van der Waals surface area (Å²) < 4.78 is 52.4. The van der Waals surface area contributed by atoms with Crippen LogP contribution in [0.15, 0.2) is 0 Å². The van der Waals surface area contributed by atoms with Crippen LogP contribution in [0.25, 0.3) is 0 Å². The van der Waals surface area contributed by atoms with Gasteiger partial charge in [0.25, 0.3) is 0 Å². The van der Waals surface area contributed by atoms with E-state index in [0.29, 0.717) is 94.8 Å². The second-order valence-electron chi connectivity index (χ2n) is 25.0. The van der Waals surface area contributed by atoms with E-state index in [4.69, 9.17) is 37.9 Å². The normalized spacial score (nSPS) is 35.6. The van der Waals surface area contributed by atoms with Crippen molar-refractivity contribution in [1.29, 1.82) is 0 Å². The van der Waals surface area contributed by atoms with Crippen LogP contribution < -0.4 is 0 Å². The molecule has 74 heavy (non-hydrogen) atoms. The van der Waals surface area contributed by atoms with Crippen LogP contribution in [0.4, 0.5) is 0 Å². The lowest BCUT2D eigenvalue weighted by Gasteiger charge is -2.72. The zero-order valence-corrected chi connectivity index (χ0v) is 48.4. The number of fused-ring (bicyclic) bond motifs is 5. The van der Waals surface area contributed by atoms with Gasteiger partial charge in [0.1, 0.15) is 24.9 Å². The minimum atomic E-state index is -1.39. The molecule has 14 heteroatoms. The molecule has 16 atom stereocenters. The molecule has 0 bridgehead atoms. The second-order valence-corrected chi connectivity index (χ2v) is 25.0. The van der Waals surface area contributed by atoms with Crippen LogP contribution >= 0.6 is 0 Å². The summed E-state index contributed by atoms with van der Waals surface area (Å²) >= 11 is 0. The zero-order chi connectivity index (χ0) is 54.8. The standard InChI is InChI=1S/C60H100O14/c1-15-22-45(61)67-36-42-52(72-48(64)25-18-4)53(73-49(65)26-19-5)54(74-50(66)27-20-6)56(70-42)69-41-35-60(14)43(58(12)32-31-44(57(10,11)55(41)58)71-47(63)24-17-3)34-40(68-46(62)23-16-2)51-39(30-33-59(51,60)13)38(9)29-21-28-37(7)8/h37-44,51-56H,15-36H2,1-14H3/t38-,39-,40-,41+,42-,43-,44+,51+,52-,53+,54-,55?,56-,58-,59+,60-/m1/s1. The minimum Gasteiger partial charge on any atom is -0.463 e. The van der Waals surface area contributed by atoms with Crippen LogP contribution in [0.1, 0.15) is 232 Å². The van der Waals surface area contributed by atoms with E-state index in [1.165, 1.54) is 0 Å². The summed E-state index contributed by atoms with van der Waals surface area (Å²) in [5, 5.41) is 0. The molecule has 1 heterocycles. The van der Waals surface area contributed by atoms with Gasteiger partial charge < -0.3 is 37.9 Å². The number of carbonyl (C=O) groups is 6. The van der Waals surface area contributed by atoms with Gasteiger partial charge in [-0.15, -0.1) is 0 Å². The van der Waals surface area contributed by atoms with Gasteiger partial charge in [0, 0.05) is 49.9 Å². The molecule has 0 amide bonds. The molecule has 5 rings (SSSR count). The van der Waals surface area contributed by atoms with Crippen LogP contribution in [0.2, 0.25) is 0 Å². The molecule has 1 unspecified atom stereocenters. The summed E-state index contributed by atoms with van der Waals surface area (Å²) in [6.07, 6.45) is 4.26. The summed E-state index contributed by atoms with van der Waals surface area (Å²) in [6, 6.07) is 0. The fourth-order valence-corrected chi connectivity index (χ4v) is 15.3. The van der Waals surface area contributed by atoms with Crippen molar-refractivity contribution in [1.82, 2.24) is 0 Å². The molecule has 0 spiro atoms. The van der Waals surface area contributed by atoms with Gasteiger partial charge in [-0.25, -0.2) is 0 Å². The first kappa shape index (κ1) is 61.6. The molecule has 4 aliphatic carbocycles. The van der Waals surface area contributed by atoms with E-state index in [2.05, 4.69) is 55.4 Å². The average molecular weight is 1050 g/mol. The molecular weight excluding hydrogens is 945 g/mol. The Morgan fingerprint density at radius 3 is 1.64 bits per heavy atom. The lowest BCUT2D eigenvalue weighted by Crippen LogP contribution is -2.71. The molecule has 424 valence electrons. The molecule has 0 N–H and O–H groups in total. The lowest BCUT2D eigenvalue weighted by atomic mass is 9.34. The molecule has 0 aromatic rings. The summed E-state index contributed by atoms with van der Waals surface area (Å²) in [5.74, 6) is -1.35. The van der Waals surface area contributed by atoms with Crippen LogP contribution in [0, 0.1) is 57.2 Å². The van der Waals surface area contributed by atoms with Crippen molar-refractivity contribution in [2.24, 2.45) is 57.2 Å². The van der Waals surface area contributed by atoms with Gasteiger partial charge in [0.15, 0.2) is 24.6 Å². The number of esters is 6. The molecule has 5 fully saturated rings. The van der Waals surface area contributed by atoms with Crippen LogP contribution in [0.3, 0.4) is 0 Å². The van der Waals surface area contributed by atoms with Gasteiger partial charge in [-0.1, -0.05) is 116 Å². The highest BCUT2D eigenvalue weighted by atomic mass is 16.7. The Balaban J connectivity index is 1.72. The first-order valence-corrected chi connectivity index (χ1v) is 29.4.